The second kappa shape index (κ2) is 9.55. The van der Waals surface area contributed by atoms with Gasteiger partial charge in [-0.25, -0.2) is 5.84 Å². The first-order valence-electron chi connectivity index (χ1n) is 7.95. The Labute approximate surface area is 155 Å². The van der Waals surface area contributed by atoms with E-state index in [0.29, 0.717) is 34.8 Å². The fraction of sp³-hybridized carbons (Fsp3) is 0.167. The molecule has 2 aromatic rings. The summed E-state index contributed by atoms with van der Waals surface area (Å²) >= 11 is 5.90. The molecule has 5 N–H and O–H groups in total. The molecule has 2 aromatic carbocycles. The van der Waals surface area contributed by atoms with E-state index in [-0.39, 0.29) is 24.1 Å². The lowest BCUT2D eigenvalue weighted by Gasteiger charge is -2.11. The van der Waals surface area contributed by atoms with E-state index in [0.717, 1.165) is 0 Å². The molecule has 0 atom stereocenters. The number of hydrogen-bond acceptors (Lipinski definition) is 4. The van der Waals surface area contributed by atoms with E-state index < -0.39 is 0 Å². The molecule has 0 aliphatic heterocycles. The molecule has 0 saturated carbocycles. The molecule has 0 aliphatic rings. The highest BCUT2D eigenvalue weighted by molar-refractivity contribution is 6.31. The smallest absolute Gasteiger partial charge is 0.255 e. The van der Waals surface area contributed by atoms with E-state index in [2.05, 4.69) is 10.6 Å². The fourth-order valence-corrected chi connectivity index (χ4v) is 2.42. The van der Waals surface area contributed by atoms with Crippen molar-refractivity contribution >= 4 is 35.0 Å². The van der Waals surface area contributed by atoms with Crippen LogP contribution in [0.3, 0.4) is 0 Å². The van der Waals surface area contributed by atoms with Crippen LogP contribution >= 0.6 is 11.6 Å². The van der Waals surface area contributed by atoms with Gasteiger partial charge in [-0.2, -0.15) is 0 Å². The number of para-hydroxylation sites is 1. The second-order valence-electron chi connectivity index (χ2n) is 5.44. The third kappa shape index (κ3) is 5.58. The molecule has 0 radical (unpaired) electrons. The number of nitrogens with two attached hydrogens (primary N) is 1. The maximum atomic E-state index is 12.4. The molecule has 0 heterocycles. The van der Waals surface area contributed by atoms with Crippen LogP contribution in [0.2, 0.25) is 5.02 Å². The minimum atomic E-state index is -0.368. The number of rotatable bonds is 7. The number of carbonyl (C=O) groups excluding carboxylic acids is 3. The molecule has 0 unspecified atom stereocenters. The third-order valence-corrected chi connectivity index (χ3v) is 3.77. The molecule has 0 saturated heterocycles. The van der Waals surface area contributed by atoms with Gasteiger partial charge in [-0.3, -0.25) is 19.8 Å². The van der Waals surface area contributed by atoms with E-state index in [9.17, 15) is 14.4 Å². The summed E-state index contributed by atoms with van der Waals surface area (Å²) in [5.74, 6) is 3.98. The molecule has 7 nitrogen and oxygen atoms in total. The number of hydrogen-bond donors (Lipinski definition) is 4. The van der Waals surface area contributed by atoms with Gasteiger partial charge in [-0.05, 0) is 36.8 Å². The van der Waals surface area contributed by atoms with Gasteiger partial charge in [0.25, 0.3) is 11.8 Å². The van der Waals surface area contributed by atoms with E-state index in [1.54, 1.807) is 48.5 Å². The summed E-state index contributed by atoms with van der Waals surface area (Å²) in [6, 6.07) is 13.2. The molecular weight excluding hydrogens is 356 g/mol. The lowest BCUT2D eigenvalue weighted by molar-refractivity contribution is -0.121. The summed E-state index contributed by atoms with van der Waals surface area (Å²) in [6.45, 7) is 0.308. The molecule has 26 heavy (non-hydrogen) atoms. The molecule has 3 amide bonds. The summed E-state index contributed by atoms with van der Waals surface area (Å²) in [6.07, 6.45) is 0.662. The van der Waals surface area contributed by atoms with E-state index in [1.807, 2.05) is 5.43 Å². The summed E-state index contributed by atoms with van der Waals surface area (Å²) in [5, 5.41) is 5.87. The van der Waals surface area contributed by atoms with Crippen LogP contribution in [-0.2, 0) is 4.79 Å². The van der Waals surface area contributed by atoms with Crippen molar-refractivity contribution < 1.29 is 14.4 Å². The van der Waals surface area contributed by atoms with Crippen LogP contribution in [0, 0.1) is 0 Å². The number of benzene rings is 2. The lowest BCUT2D eigenvalue weighted by atomic mass is 10.1. The van der Waals surface area contributed by atoms with Crippen LogP contribution in [0.15, 0.2) is 48.5 Å². The predicted molar refractivity (Wildman–Crippen MR) is 99.7 cm³/mol. The first-order valence-corrected chi connectivity index (χ1v) is 8.32. The van der Waals surface area contributed by atoms with Crippen LogP contribution in [0.1, 0.15) is 33.6 Å². The quantitative estimate of drug-likeness (QED) is 0.257. The van der Waals surface area contributed by atoms with Crippen molar-refractivity contribution in [2.24, 2.45) is 5.84 Å². The Morgan fingerprint density at radius 1 is 1.00 bits per heavy atom. The first-order chi connectivity index (χ1) is 12.5. The lowest BCUT2D eigenvalue weighted by Crippen LogP contribution is -2.31. The van der Waals surface area contributed by atoms with Gasteiger partial charge in [-0.1, -0.05) is 29.8 Å². The fourth-order valence-electron chi connectivity index (χ4n) is 2.23. The minimum Gasteiger partial charge on any atom is -0.352 e. The first kappa shape index (κ1) is 19.4. The van der Waals surface area contributed by atoms with Crippen molar-refractivity contribution in [1.29, 1.82) is 0 Å². The molecule has 0 fully saturated rings. The minimum absolute atomic E-state index is 0.212. The van der Waals surface area contributed by atoms with Gasteiger partial charge in [-0.15, -0.1) is 0 Å². The standard InChI is InChI=1S/C18H19ClN4O3/c19-13-6-3-5-12(11-13)17(25)22-15-8-2-1-7-14(15)18(26)21-10-4-9-16(24)23-20/h1-3,5-8,11H,4,9-10,20H2,(H,21,26)(H,22,25)(H,23,24). The third-order valence-electron chi connectivity index (χ3n) is 3.53. The molecule has 0 spiro atoms. The average molecular weight is 375 g/mol. The second-order valence-corrected chi connectivity index (χ2v) is 5.87. The molecule has 2 rings (SSSR count). The van der Waals surface area contributed by atoms with Crippen LogP contribution in [0.4, 0.5) is 5.69 Å². The number of hydrazine groups is 1. The Morgan fingerprint density at radius 3 is 2.50 bits per heavy atom. The largest absolute Gasteiger partial charge is 0.352 e. The molecular formula is C18H19ClN4O3. The van der Waals surface area contributed by atoms with Crippen LogP contribution in [0.25, 0.3) is 0 Å². The van der Waals surface area contributed by atoms with Gasteiger partial charge < -0.3 is 10.6 Å². The number of halogens is 1. The van der Waals surface area contributed by atoms with E-state index in [4.69, 9.17) is 17.4 Å². The van der Waals surface area contributed by atoms with Crippen molar-refractivity contribution in [3.05, 3.63) is 64.7 Å². The highest BCUT2D eigenvalue weighted by Gasteiger charge is 2.14. The Kier molecular flexibility index (Phi) is 7.13. The number of nitrogens with one attached hydrogen (secondary N) is 3. The molecule has 0 aromatic heterocycles. The topological polar surface area (TPSA) is 113 Å². The normalized spacial score (nSPS) is 10.1. The summed E-state index contributed by atoms with van der Waals surface area (Å²) in [5.41, 5.74) is 3.12. The van der Waals surface area contributed by atoms with Gasteiger partial charge in [0.15, 0.2) is 0 Å². The van der Waals surface area contributed by atoms with Gasteiger partial charge in [0, 0.05) is 23.6 Å². The van der Waals surface area contributed by atoms with Crippen molar-refractivity contribution in [1.82, 2.24) is 10.7 Å². The highest BCUT2D eigenvalue weighted by Crippen LogP contribution is 2.17. The maximum Gasteiger partial charge on any atom is 0.255 e. The number of carbonyl (C=O) groups is 3. The summed E-state index contributed by atoms with van der Waals surface area (Å²) in [4.78, 5) is 35.7. The average Bonchev–Trinajstić information content (AvgIpc) is 2.65. The van der Waals surface area contributed by atoms with Crippen molar-refractivity contribution in [2.75, 3.05) is 11.9 Å². The number of anilines is 1. The Bertz CT molecular complexity index is 811. The summed E-state index contributed by atoms with van der Waals surface area (Å²) in [7, 11) is 0. The van der Waals surface area contributed by atoms with Crippen molar-refractivity contribution in [2.45, 2.75) is 12.8 Å². The number of amides is 3. The van der Waals surface area contributed by atoms with Crippen LogP contribution < -0.4 is 21.9 Å². The van der Waals surface area contributed by atoms with Crippen molar-refractivity contribution in [3.8, 4) is 0 Å². The summed E-state index contributed by atoms with van der Waals surface area (Å²) < 4.78 is 0. The van der Waals surface area contributed by atoms with Crippen LogP contribution in [0.5, 0.6) is 0 Å². The zero-order valence-corrected chi connectivity index (χ0v) is 14.7. The van der Waals surface area contributed by atoms with Gasteiger partial charge in [0.1, 0.15) is 0 Å². The zero-order valence-electron chi connectivity index (χ0n) is 13.9. The monoisotopic (exact) mass is 374 g/mol. The van der Waals surface area contributed by atoms with Gasteiger partial charge >= 0.3 is 0 Å². The van der Waals surface area contributed by atoms with Crippen LogP contribution in [-0.4, -0.2) is 24.3 Å². The molecule has 0 bridgehead atoms. The maximum absolute atomic E-state index is 12.4. The highest BCUT2D eigenvalue weighted by atomic mass is 35.5. The zero-order chi connectivity index (χ0) is 18.9. The van der Waals surface area contributed by atoms with Crippen molar-refractivity contribution in [3.63, 3.8) is 0 Å². The van der Waals surface area contributed by atoms with E-state index >= 15 is 0 Å². The van der Waals surface area contributed by atoms with Gasteiger partial charge in [0.05, 0.1) is 11.3 Å². The predicted octanol–water partition coefficient (Wildman–Crippen LogP) is 2.09. The Morgan fingerprint density at radius 2 is 1.77 bits per heavy atom. The molecule has 8 heteroatoms. The Hall–Kier alpha value is -2.90. The SMILES string of the molecule is NNC(=O)CCCNC(=O)c1ccccc1NC(=O)c1cccc(Cl)c1. The van der Waals surface area contributed by atoms with Gasteiger partial charge in [0.2, 0.25) is 5.91 Å². The molecule has 0 aliphatic carbocycles. The molecule has 136 valence electrons. The Balaban J connectivity index is 2.01. The van der Waals surface area contributed by atoms with E-state index in [1.165, 1.54) is 0 Å².